The van der Waals surface area contributed by atoms with Crippen molar-refractivity contribution >= 4 is 29.1 Å². The van der Waals surface area contributed by atoms with Crippen LogP contribution in [0.1, 0.15) is 30.0 Å². The summed E-state index contributed by atoms with van der Waals surface area (Å²) >= 11 is 5.92. The molecule has 1 aromatic heterocycles. The minimum atomic E-state index is -0.689. The number of pyridine rings is 1. The smallest absolute Gasteiger partial charge is 0.313 e. The first-order valence-corrected chi connectivity index (χ1v) is 8.20. The Balaban J connectivity index is 1.68. The number of carbonyl (C=O) groups excluding carboxylic acids is 2. The molecule has 2 N–H and O–H groups in total. The van der Waals surface area contributed by atoms with Crippen LogP contribution in [0.2, 0.25) is 5.02 Å². The largest absolute Gasteiger partial charge is 0.341 e. The third-order valence-electron chi connectivity index (χ3n) is 4.10. The molecule has 0 unspecified atom stereocenters. The van der Waals surface area contributed by atoms with Gasteiger partial charge in [-0.1, -0.05) is 23.7 Å². The molecule has 1 saturated carbocycles. The predicted molar refractivity (Wildman–Crippen MR) is 92.7 cm³/mol. The zero-order valence-electron chi connectivity index (χ0n) is 13.3. The van der Waals surface area contributed by atoms with Gasteiger partial charge in [-0.05, 0) is 55.0 Å². The van der Waals surface area contributed by atoms with Crippen LogP contribution in [0.4, 0.5) is 5.69 Å². The summed E-state index contributed by atoms with van der Waals surface area (Å²) in [6, 6.07) is 8.95. The minimum absolute atomic E-state index is 0.171. The molecular weight excluding hydrogens is 326 g/mol. The highest BCUT2D eigenvalue weighted by atomic mass is 35.5. The number of carbonyl (C=O) groups is 2. The molecular formula is C18H18ClN3O2. The van der Waals surface area contributed by atoms with Crippen molar-refractivity contribution in [3.8, 4) is 0 Å². The first-order chi connectivity index (χ1) is 11.5. The Morgan fingerprint density at radius 1 is 1.17 bits per heavy atom. The molecule has 2 amide bonds. The van der Waals surface area contributed by atoms with Gasteiger partial charge in [-0.3, -0.25) is 14.6 Å². The van der Waals surface area contributed by atoms with E-state index in [-0.39, 0.29) is 6.04 Å². The number of benzene rings is 1. The summed E-state index contributed by atoms with van der Waals surface area (Å²) < 4.78 is 0. The number of aryl methyl sites for hydroxylation is 1. The number of amides is 2. The van der Waals surface area contributed by atoms with Gasteiger partial charge in [0, 0.05) is 11.2 Å². The quantitative estimate of drug-likeness (QED) is 0.837. The maximum Gasteiger partial charge on any atom is 0.313 e. The van der Waals surface area contributed by atoms with E-state index in [0.29, 0.717) is 16.6 Å². The van der Waals surface area contributed by atoms with Gasteiger partial charge in [0.25, 0.3) is 0 Å². The van der Waals surface area contributed by atoms with Crippen LogP contribution in [0, 0.1) is 12.8 Å². The van der Waals surface area contributed by atoms with Crippen LogP contribution in [0.15, 0.2) is 42.7 Å². The van der Waals surface area contributed by atoms with Crippen LogP contribution in [0.25, 0.3) is 0 Å². The first kappa shape index (κ1) is 16.5. The van der Waals surface area contributed by atoms with E-state index in [2.05, 4.69) is 15.6 Å². The van der Waals surface area contributed by atoms with Crippen molar-refractivity contribution in [2.24, 2.45) is 5.92 Å². The summed E-state index contributed by atoms with van der Waals surface area (Å²) in [6.07, 6.45) is 5.24. The highest BCUT2D eigenvalue weighted by molar-refractivity contribution is 6.39. The van der Waals surface area contributed by atoms with E-state index in [9.17, 15) is 9.59 Å². The van der Waals surface area contributed by atoms with E-state index in [0.717, 1.165) is 24.0 Å². The van der Waals surface area contributed by atoms with Gasteiger partial charge in [0.2, 0.25) is 0 Å². The van der Waals surface area contributed by atoms with Crippen molar-refractivity contribution in [2.75, 3.05) is 5.32 Å². The summed E-state index contributed by atoms with van der Waals surface area (Å²) in [5.41, 5.74) is 2.34. The molecule has 1 heterocycles. The fourth-order valence-corrected chi connectivity index (χ4v) is 2.68. The van der Waals surface area contributed by atoms with Crippen molar-refractivity contribution in [2.45, 2.75) is 25.8 Å². The van der Waals surface area contributed by atoms with Crippen LogP contribution in [-0.4, -0.2) is 16.8 Å². The number of rotatable bonds is 4. The van der Waals surface area contributed by atoms with Gasteiger partial charge in [0.05, 0.1) is 17.9 Å². The van der Waals surface area contributed by atoms with Gasteiger partial charge in [-0.25, -0.2) is 0 Å². The van der Waals surface area contributed by atoms with E-state index in [1.807, 2.05) is 19.1 Å². The number of hydrogen-bond acceptors (Lipinski definition) is 3. The third-order valence-corrected chi connectivity index (χ3v) is 4.35. The number of anilines is 1. The maximum atomic E-state index is 12.3. The average Bonchev–Trinajstić information content (AvgIpc) is 3.40. The van der Waals surface area contributed by atoms with Crippen LogP contribution >= 0.6 is 11.6 Å². The molecule has 1 atom stereocenters. The van der Waals surface area contributed by atoms with Crippen LogP contribution < -0.4 is 10.6 Å². The standard InChI is InChI=1S/C18H18ClN3O2/c1-11-8-9-20-10-15(11)21-17(23)18(24)22-16(12-2-3-12)13-4-6-14(19)7-5-13/h4-10,12,16H,2-3H2,1H3,(H,21,23)(H,22,24)/t16-/m0/s1. The van der Waals surface area contributed by atoms with Gasteiger partial charge in [0.1, 0.15) is 0 Å². The topological polar surface area (TPSA) is 71.1 Å². The second-order valence-corrected chi connectivity index (χ2v) is 6.42. The number of halogens is 1. The summed E-state index contributed by atoms with van der Waals surface area (Å²) in [7, 11) is 0. The first-order valence-electron chi connectivity index (χ1n) is 7.82. The predicted octanol–water partition coefficient (Wildman–Crippen LogP) is 3.25. The zero-order chi connectivity index (χ0) is 17.1. The lowest BCUT2D eigenvalue weighted by atomic mass is 10.0. The van der Waals surface area contributed by atoms with Gasteiger partial charge >= 0.3 is 11.8 Å². The van der Waals surface area contributed by atoms with Crippen molar-refractivity contribution < 1.29 is 9.59 Å². The lowest BCUT2D eigenvalue weighted by Gasteiger charge is -2.18. The number of hydrogen-bond donors (Lipinski definition) is 2. The molecule has 0 radical (unpaired) electrons. The van der Waals surface area contributed by atoms with Gasteiger partial charge in [-0.2, -0.15) is 0 Å². The molecule has 5 nitrogen and oxygen atoms in total. The Kier molecular flexibility index (Phi) is 4.81. The molecule has 3 rings (SSSR count). The normalized spacial score (nSPS) is 14.8. The van der Waals surface area contributed by atoms with Crippen LogP contribution in [-0.2, 0) is 9.59 Å². The molecule has 1 aliphatic carbocycles. The number of nitrogens with zero attached hydrogens (tertiary/aromatic N) is 1. The highest BCUT2D eigenvalue weighted by Gasteiger charge is 2.34. The fraction of sp³-hybridized carbons (Fsp3) is 0.278. The van der Waals surface area contributed by atoms with E-state index in [4.69, 9.17) is 11.6 Å². The highest BCUT2D eigenvalue weighted by Crippen LogP contribution is 2.41. The van der Waals surface area contributed by atoms with E-state index in [1.165, 1.54) is 6.20 Å². The SMILES string of the molecule is Cc1ccncc1NC(=O)C(=O)N[C@H](c1ccc(Cl)cc1)C1CC1. The zero-order valence-corrected chi connectivity index (χ0v) is 14.0. The second-order valence-electron chi connectivity index (χ2n) is 5.98. The average molecular weight is 344 g/mol. The molecule has 0 aliphatic heterocycles. The Labute approximate surface area is 145 Å². The number of aromatic nitrogens is 1. The maximum absolute atomic E-state index is 12.3. The van der Waals surface area contributed by atoms with Crippen LogP contribution in [0.3, 0.4) is 0 Å². The van der Waals surface area contributed by atoms with E-state index in [1.54, 1.807) is 24.4 Å². The van der Waals surface area contributed by atoms with E-state index < -0.39 is 11.8 Å². The molecule has 1 fully saturated rings. The lowest BCUT2D eigenvalue weighted by Crippen LogP contribution is -2.38. The van der Waals surface area contributed by atoms with Crippen LogP contribution in [0.5, 0.6) is 0 Å². The Bertz CT molecular complexity index is 757. The van der Waals surface area contributed by atoms with Gasteiger partial charge in [-0.15, -0.1) is 0 Å². The molecule has 0 saturated heterocycles. The molecule has 1 aliphatic rings. The Morgan fingerprint density at radius 2 is 1.88 bits per heavy atom. The molecule has 0 spiro atoms. The Hall–Kier alpha value is -2.40. The van der Waals surface area contributed by atoms with Crippen molar-refractivity contribution in [1.82, 2.24) is 10.3 Å². The molecule has 0 bridgehead atoms. The molecule has 2 aromatic rings. The van der Waals surface area contributed by atoms with Crippen molar-refractivity contribution in [3.05, 3.63) is 58.9 Å². The summed E-state index contributed by atoms with van der Waals surface area (Å²) in [5, 5.41) is 6.08. The summed E-state index contributed by atoms with van der Waals surface area (Å²) in [6.45, 7) is 1.84. The summed E-state index contributed by atoms with van der Waals surface area (Å²) in [4.78, 5) is 28.4. The van der Waals surface area contributed by atoms with Gasteiger partial charge < -0.3 is 10.6 Å². The molecule has 6 heteroatoms. The molecule has 1 aromatic carbocycles. The monoisotopic (exact) mass is 343 g/mol. The molecule has 124 valence electrons. The number of nitrogens with one attached hydrogen (secondary N) is 2. The second kappa shape index (κ2) is 7.01. The Morgan fingerprint density at radius 3 is 2.50 bits per heavy atom. The van der Waals surface area contributed by atoms with Gasteiger partial charge in [0.15, 0.2) is 0 Å². The summed E-state index contributed by atoms with van der Waals surface area (Å²) in [5.74, 6) is -0.973. The third kappa shape index (κ3) is 3.92. The minimum Gasteiger partial charge on any atom is -0.341 e. The van der Waals surface area contributed by atoms with E-state index >= 15 is 0 Å². The molecule has 24 heavy (non-hydrogen) atoms. The lowest BCUT2D eigenvalue weighted by molar-refractivity contribution is -0.136. The fourth-order valence-electron chi connectivity index (χ4n) is 2.55. The van der Waals surface area contributed by atoms with Crippen molar-refractivity contribution in [1.29, 1.82) is 0 Å². The van der Waals surface area contributed by atoms with Crippen molar-refractivity contribution in [3.63, 3.8) is 0 Å².